The lowest BCUT2D eigenvalue weighted by Crippen LogP contribution is -1.97. The zero-order valence-electron chi connectivity index (χ0n) is 6.20. The van der Waals surface area contributed by atoms with Crippen molar-refractivity contribution in [2.45, 2.75) is 11.8 Å². The van der Waals surface area contributed by atoms with Crippen LogP contribution in [0.1, 0.15) is 17.7 Å². The van der Waals surface area contributed by atoms with Crippen molar-refractivity contribution in [3.63, 3.8) is 0 Å². The molecule has 1 heterocycles. The van der Waals surface area contributed by atoms with Crippen molar-refractivity contribution in [2.24, 2.45) is 0 Å². The van der Waals surface area contributed by atoms with Gasteiger partial charge in [-0.15, -0.1) is 0 Å². The molecule has 0 amide bonds. The molecular weight excluding hydrogens is 376 g/mol. The Balaban J connectivity index is 3.25. The van der Waals surface area contributed by atoms with Crippen LogP contribution in [-0.2, 0) is 5.33 Å². The molecule has 1 nitrogen and oxygen atoms in total. The highest BCUT2D eigenvalue weighted by Crippen LogP contribution is 2.30. The topological polar surface area (TPSA) is 12.9 Å². The van der Waals surface area contributed by atoms with Crippen molar-refractivity contribution < 1.29 is 8.78 Å². The first-order valence-electron chi connectivity index (χ1n) is 3.25. The summed E-state index contributed by atoms with van der Waals surface area (Å²) in [6, 6.07) is 1.37. The number of rotatable bonds is 2. The molecule has 72 valence electrons. The highest BCUT2D eigenvalue weighted by molar-refractivity contribution is 9.13. The number of hydrogen-bond acceptors (Lipinski definition) is 1. The summed E-state index contributed by atoms with van der Waals surface area (Å²) < 4.78 is 25.9. The van der Waals surface area contributed by atoms with E-state index in [9.17, 15) is 8.78 Å². The second kappa shape index (κ2) is 4.79. The van der Waals surface area contributed by atoms with Crippen LogP contribution < -0.4 is 0 Å². The molecule has 13 heavy (non-hydrogen) atoms. The number of alkyl halides is 3. The van der Waals surface area contributed by atoms with Gasteiger partial charge in [0.25, 0.3) is 6.43 Å². The lowest BCUT2D eigenvalue weighted by atomic mass is 10.2. The van der Waals surface area contributed by atoms with Crippen LogP contribution in [0, 0.1) is 0 Å². The van der Waals surface area contributed by atoms with E-state index in [1.54, 1.807) is 0 Å². The third kappa shape index (κ3) is 2.70. The highest BCUT2D eigenvalue weighted by atomic mass is 79.9. The Labute approximate surface area is 99.3 Å². The molecule has 0 aliphatic carbocycles. The Bertz CT molecular complexity index is 317. The van der Waals surface area contributed by atoms with Crippen LogP contribution in [0.4, 0.5) is 8.78 Å². The molecule has 0 aromatic carbocycles. The van der Waals surface area contributed by atoms with Crippen molar-refractivity contribution in [1.82, 2.24) is 4.98 Å². The van der Waals surface area contributed by atoms with Gasteiger partial charge >= 0.3 is 0 Å². The number of hydrogen-bond donors (Lipinski definition) is 0. The van der Waals surface area contributed by atoms with Crippen molar-refractivity contribution in [1.29, 1.82) is 0 Å². The van der Waals surface area contributed by atoms with E-state index in [1.165, 1.54) is 6.07 Å². The van der Waals surface area contributed by atoms with Crippen molar-refractivity contribution in [3.8, 4) is 0 Å². The minimum absolute atomic E-state index is 0.0491. The number of aromatic nitrogens is 1. The van der Waals surface area contributed by atoms with Gasteiger partial charge in [-0.2, -0.15) is 0 Å². The zero-order valence-corrected chi connectivity index (χ0v) is 11.0. The summed E-state index contributed by atoms with van der Waals surface area (Å²) in [5.74, 6) is 0. The van der Waals surface area contributed by atoms with Gasteiger partial charge in [0.2, 0.25) is 0 Å². The quantitative estimate of drug-likeness (QED) is 0.547. The average Bonchev–Trinajstić information content (AvgIpc) is 2.08. The van der Waals surface area contributed by atoms with Gasteiger partial charge < -0.3 is 0 Å². The molecule has 0 bridgehead atoms. The predicted octanol–water partition coefficient (Wildman–Crippen LogP) is 4.44. The molecule has 0 unspecified atom stereocenters. The minimum atomic E-state index is -2.50. The van der Waals surface area contributed by atoms with E-state index >= 15 is 0 Å². The standard InChI is InChI=1S/C7H4Br3F2N/c8-2-5-3(7(11)12)1-4(9)6(10)13-5/h1,7H,2H2. The number of nitrogens with zero attached hydrogens (tertiary/aromatic N) is 1. The van der Waals surface area contributed by atoms with Crippen LogP contribution in [0.3, 0.4) is 0 Å². The average molecular weight is 380 g/mol. The maximum Gasteiger partial charge on any atom is 0.265 e. The minimum Gasteiger partial charge on any atom is -0.243 e. The van der Waals surface area contributed by atoms with Gasteiger partial charge in [-0.1, -0.05) is 15.9 Å². The van der Waals surface area contributed by atoms with Crippen LogP contribution in [0.5, 0.6) is 0 Å². The fourth-order valence-electron chi connectivity index (χ4n) is 0.812. The summed E-state index contributed by atoms with van der Waals surface area (Å²) >= 11 is 9.37. The van der Waals surface area contributed by atoms with E-state index in [0.717, 1.165) is 0 Å². The molecular formula is C7H4Br3F2N. The van der Waals surface area contributed by atoms with E-state index < -0.39 is 6.43 Å². The van der Waals surface area contributed by atoms with Crippen molar-refractivity contribution in [3.05, 3.63) is 26.4 Å². The molecule has 0 spiro atoms. The lowest BCUT2D eigenvalue weighted by Gasteiger charge is -2.06. The third-order valence-electron chi connectivity index (χ3n) is 1.41. The Morgan fingerprint density at radius 1 is 1.38 bits per heavy atom. The Kier molecular flexibility index (Phi) is 4.25. The van der Waals surface area contributed by atoms with E-state index in [4.69, 9.17) is 0 Å². The molecule has 0 aliphatic rings. The molecule has 0 atom stereocenters. The van der Waals surface area contributed by atoms with Crippen LogP contribution >= 0.6 is 47.8 Å². The van der Waals surface area contributed by atoms with Gasteiger partial charge in [-0.25, -0.2) is 13.8 Å². The van der Waals surface area contributed by atoms with Gasteiger partial charge in [-0.05, 0) is 37.9 Å². The monoisotopic (exact) mass is 377 g/mol. The van der Waals surface area contributed by atoms with Gasteiger partial charge in [0, 0.05) is 10.9 Å². The predicted molar refractivity (Wildman–Crippen MR) is 57.2 cm³/mol. The fraction of sp³-hybridized carbons (Fsp3) is 0.286. The first kappa shape index (κ1) is 11.5. The Morgan fingerprint density at radius 3 is 2.46 bits per heavy atom. The number of pyridine rings is 1. The van der Waals surface area contributed by atoms with E-state index in [1.807, 2.05) is 0 Å². The number of halogens is 5. The first-order chi connectivity index (χ1) is 6.06. The second-order valence-electron chi connectivity index (χ2n) is 2.23. The van der Waals surface area contributed by atoms with Crippen molar-refractivity contribution in [2.75, 3.05) is 0 Å². The third-order valence-corrected chi connectivity index (χ3v) is 3.68. The summed E-state index contributed by atoms with van der Waals surface area (Å²) in [6.45, 7) is 0. The smallest absolute Gasteiger partial charge is 0.243 e. The molecule has 6 heteroatoms. The maximum absolute atomic E-state index is 12.4. The Hall–Kier alpha value is 0.450. The summed E-state index contributed by atoms with van der Waals surface area (Å²) in [6.07, 6.45) is -2.50. The van der Waals surface area contributed by atoms with Crippen LogP contribution in [-0.4, -0.2) is 4.98 Å². The second-order valence-corrected chi connectivity index (χ2v) is 4.40. The Morgan fingerprint density at radius 2 is 2.00 bits per heavy atom. The van der Waals surface area contributed by atoms with Gasteiger partial charge in [0.15, 0.2) is 0 Å². The van der Waals surface area contributed by atoms with Crippen LogP contribution in [0.15, 0.2) is 15.1 Å². The highest BCUT2D eigenvalue weighted by Gasteiger charge is 2.15. The molecule has 0 saturated carbocycles. The maximum atomic E-state index is 12.4. The van der Waals surface area contributed by atoms with E-state index in [0.29, 0.717) is 20.1 Å². The van der Waals surface area contributed by atoms with Gasteiger partial charge in [0.05, 0.1) is 10.2 Å². The largest absolute Gasteiger partial charge is 0.265 e. The lowest BCUT2D eigenvalue weighted by molar-refractivity contribution is 0.150. The molecule has 0 saturated heterocycles. The summed E-state index contributed by atoms with van der Waals surface area (Å²) in [7, 11) is 0. The fourth-order valence-corrected chi connectivity index (χ4v) is 1.92. The summed E-state index contributed by atoms with van der Waals surface area (Å²) in [5, 5.41) is 0.318. The molecule has 0 radical (unpaired) electrons. The molecule has 0 aliphatic heterocycles. The van der Waals surface area contributed by atoms with Crippen LogP contribution in [0.25, 0.3) is 0 Å². The molecule has 1 aromatic heterocycles. The molecule has 0 N–H and O–H groups in total. The molecule has 1 rings (SSSR count). The van der Waals surface area contributed by atoms with E-state index in [2.05, 4.69) is 52.8 Å². The van der Waals surface area contributed by atoms with Crippen LogP contribution in [0.2, 0.25) is 0 Å². The van der Waals surface area contributed by atoms with Gasteiger partial charge in [0.1, 0.15) is 4.60 Å². The first-order valence-corrected chi connectivity index (χ1v) is 5.96. The SMILES string of the molecule is FC(F)c1cc(Br)c(Br)nc1CBr. The zero-order chi connectivity index (χ0) is 10.0. The normalized spacial score (nSPS) is 10.9. The van der Waals surface area contributed by atoms with E-state index in [-0.39, 0.29) is 5.56 Å². The molecule has 1 aromatic rings. The van der Waals surface area contributed by atoms with Crippen molar-refractivity contribution >= 4 is 47.8 Å². The summed E-state index contributed by atoms with van der Waals surface area (Å²) in [5.41, 5.74) is 0.303. The molecule has 0 fully saturated rings. The van der Waals surface area contributed by atoms with Gasteiger partial charge in [-0.3, -0.25) is 0 Å². The summed E-state index contributed by atoms with van der Waals surface area (Å²) in [4.78, 5) is 3.96.